The Bertz CT molecular complexity index is 655. The molecule has 1 amide bonds. The molecule has 2 heterocycles. The van der Waals surface area contributed by atoms with Gasteiger partial charge in [-0.1, -0.05) is 0 Å². The maximum atomic E-state index is 12.0. The molecule has 1 fully saturated rings. The number of hydrogen-bond donors (Lipinski definition) is 1. The van der Waals surface area contributed by atoms with Crippen LogP contribution in [0.25, 0.3) is 11.2 Å². The number of nitrogens with zero attached hydrogens (tertiary/aromatic N) is 4. The van der Waals surface area contributed by atoms with Gasteiger partial charge in [0.05, 0.1) is 11.6 Å². The number of nitrogens with one attached hydrogen (secondary N) is 1. The van der Waals surface area contributed by atoms with Gasteiger partial charge in [0.25, 0.3) is 0 Å². The summed E-state index contributed by atoms with van der Waals surface area (Å²) in [6.45, 7) is 4.93. The number of aromatic nitrogens is 4. The molecular formula is C13H18ClN5O. The average molecular weight is 296 g/mol. The molecule has 0 saturated heterocycles. The molecule has 1 aliphatic carbocycles. The van der Waals surface area contributed by atoms with Gasteiger partial charge in [-0.15, -0.1) is 11.6 Å². The molecule has 0 atom stereocenters. The van der Waals surface area contributed by atoms with Crippen LogP contribution in [0, 0.1) is 6.92 Å². The number of amides is 1. The van der Waals surface area contributed by atoms with Crippen molar-refractivity contribution in [2.24, 2.45) is 0 Å². The van der Waals surface area contributed by atoms with Crippen molar-refractivity contribution in [3.05, 3.63) is 11.5 Å². The average Bonchev–Trinajstić information content (AvgIpc) is 3.07. The number of rotatable bonds is 5. The van der Waals surface area contributed by atoms with Crippen molar-refractivity contribution in [1.82, 2.24) is 24.6 Å². The number of carbonyl (C=O) groups excluding carboxylic acids is 1. The molecular weight excluding hydrogens is 278 g/mol. The Hall–Kier alpha value is -1.56. The molecule has 2 aromatic heterocycles. The Kier molecular flexibility index (Phi) is 3.41. The minimum absolute atomic E-state index is 0.0136. The predicted octanol–water partition coefficient (Wildman–Crippen LogP) is 1.58. The van der Waals surface area contributed by atoms with Gasteiger partial charge in [-0.05, 0) is 26.7 Å². The Morgan fingerprint density at radius 1 is 1.50 bits per heavy atom. The van der Waals surface area contributed by atoms with Gasteiger partial charge in [-0.2, -0.15) is 5.10 Å². The van der Waals surface area contributed by atoms with E-state index in [1.54, 1.807) is 0 Å². The van der Waals surface area contributed by atoms with E-state index in [2.05, 4.69) is 15.4 Å². The molecule has 0 spiro atoms. The fraction of sp³-hybridized carbons (Fsp3) is 0.615. The number of carbonyl (C=O) groups is 1. The number of hydrogen-bond acceptors (Lipinski definition) is 3. The van der Waals surface area contributed by atoms with Crippen molar-refractivity contribution in [1.29, 1.82) is 0 Å². The first kappa shape index (κ1) is 13.4. The number of fused-ring (bicyclic) bond motifs is 1. The maximum Gasteiger partial charge on any atom is 0.240 e. The van der Waals surface area contributed by atoms with Gasteiger partial charge in [-0.25, -0.2) is 9.67 Å². The van der Waals surface area contributed by atoms with E-state index < -0.39 is 0 Å². The second-order valence-electron chi connectivity index (χ2n) is 5.16. The second-order valence-corrected chi connectivity index (χ2v) is 5.43. The van der Waals surface area contributed by atoms with Gasteiger partial charge in [0.15, 0.2) is 5.65 Å². The van der Waals surface area contributed by atoms with Crippen LogP contribution in [-0.4, -0.2) is 31.3 Å². The fourth-order valence-corrected chi connectivity index (χ4v) is 2.61. The highest BCUT2D eigenvalue weighted by Gasteiger charge is 2.25. The van der Waals surface area contributed by atoms with Crippen molar-refractivity contribution in [2.45, 2.75) is 51.7 Å². The van der Waals surface area contributed by atoms with Crippen LogP contribution in [-0.2, 0) is 23.8 Å². The SMILES string of the molecule is CCn1nc(C)c2nc(CCl)n(CC(=O)NC3CC3)c21. The van der Waals surface area contributed by atoms with E-state index in [1.807, 2.05) is 23.1 Å². The van der Waals surface area contributed by atoms with E-state index in [-0.39, 0.29) is 18.3 Å². The molecule has 108 valence electrons. The number of imidazole rings is 1. The van der Waals surface area contributed by atoms with E-state index in [9.17, 15) is 4.79 Å². The van der Waals surface area contributed by atoms with Crippen molar-refractivity contribution in [2.75, 3.05) is 0 Å². The van der Waals surface area contributed by atoms with Crippen LogP contribution < -0.4 is 5.32 Å². The molecule has 20 heavy (non-hydrogen) atoms. The highest BCUT2D eigenvalue weighted by Crippen LogP contribution is 2.22. The Morgan fingerprint density at radius 3 is 2.85 bits per heavy atom. The third-order valence-electron chi connectivity index (χ3n) is 3.54. The molecule has 1 N–H and O–H groups in total. The molecule has 2 aromatic rings. The van der Waals surface area contributed by atoms with Crippen molar-refractivity contribution >= 4 is 28.7 Å². The quantitative estimate of drug-likeness (QED) is 0.852. The van der Waals surface area contributed by atoms with Crippen LogP contribution in [0.3, 0.4) is 0 Å². The molecule has 0 aliphatic heterocycles. The van der Waals surface area contributed by atoms with Gasteiger partial charge in [0.1, 0.15) is 17.9 Å². The van der Waals surface area contributed by atoms with Crippen LogP contribution in [0.2, 0.25) is 0 Å². The fourth-order valence-electron chi connectivity index (χ4n) is 2.40. The van der Waals surface area contributed by atoms with E-state index >= 15 is 0 Å². The van der Waals surface area contributed by atoms with E-state index in [0.29, 0.717) is 6.04 Å². The Balaban J connectivity index is 1.99. The van der Waals surface area contributed by atoms with Gasteiger partial charge in [0, 0.05) is 12.6 Å². The third-order valence-corrected chi connectivity index (χ3v) is 3.78. The van der Waals surface area contributed by atoms with Crippen molar-refractivity contribution < 1.29 is 4.79 Å². The normalized spacial score (nSPS) is 14.9. The Labute approximate surface area is 122 Å². The molecule has 7 heteroatoms. The number of halogens is 1. The zero-order valence-electron chi connectivity index (χ0n) is 11.7. The molecule has 1 saturated carbocycles. The first-order valence-electron chi connectivity index (χ1n) is 6.91. The van der Waals surface area contributed by atoms with Crippen LogP contribution in [0.1, 0.15) is 31.3 Å². The predicted molar refractivity (Wildman–Crippen MR) is 76.7 cm³/mol. The lowest BCUT2D eigenvalue weighted by atomic mass is 10.4. The first-order chi connectivity index (χ1) is 9.63. The van der Waals surface area contributed by atoms with Gasteiger partial charge in [-0.3, -0.25) is 4.79 Å². The van der Waals surface area contributed by atoms with E-state index in [1.165, 1.54) is 0 Å². The molecule has 0 aromatic carbocycles. The molecule has 3 rings (SSSR count). The summed E-state index contributed by atoms with van der Waals surface area (Å²) in [5, 5.41) is 7.44. The summed E-state index contributed by atoms with van der Waals surface area (Å²) in [6, 6.07) is 0.360. The molecule has 1 aliphatic rings. The first-order valence-corrected chi connectivity index (χ1v) is 7.45. The summed E-state index contributed by atoms with van der Waals surface area (Å²) in [6.07, 6.45) is 2.17. The lowest BCUT2D eigenvalue weighted by Gasteiger charge is -2.09. The summed E-state index contributed by atoms with van der Waals surface area (Å²) >= 11 is 5.97. The van der Waals surface area contributed by atoms with Crippen molar-refractivity contribution in [3.63, 3.8) is 0 Å². The van der Waals surface area contributed by atoms with Gasteiger partial charge < -0.3 is 9.88 Å². The molecule has 6 nitrogen and oxygen atoms in total. The van der Waals surface area contributed by atoms with E-state index in [0.717, 1.165) is 42.1 Å². The minimum atomic E-state index is 0.0136. The zero-order chi connectivity index (χ0) is 14.3. The summed E-state index contributed by atoms with van der Waals surface area (Å²) in [5.74, 6) is 1.02. The van der Waals surface area contributed by atoms with Crippen LogP contribution in [0.4, 0.5) is 0 Å². The second kappa shape index (κ2) is 5.09. The zero-order valence-corrected chi connectivity index (χ0v) is 12.4. The smallest absolute Gasteiger partial charge is 0.240 e. The monoisotopic (exact) mass is 295 g/mol. The lowest BCUT2D eigenvalue weighted by Crippen LogP contribution is -2.30. The standard InChI is InChI=1S/C13H18ClN5O/c1-3-19-13-12(8(2)17-19)16-10(6-14)18(13)7-11(20)15-9-4-5-9/h9H,3-7H2,1-2H3,(H,15,20). The topological polar surface area (TPSA) is 64.7 Å². The maximum absolute atomic E-state index is 12.0. The largest absolute Gasteiger partial charge is 0.352 e. The molecule has 0 bridgehead atoms. The summed E-state index contributed by atoms with van der Waals surface area (Å²) < 4.78 is 3.75. The lowest BCUT2D eigenvalue weighted by molar-refractivity contribution is -0.121. The van der Waals surface area contributed by atoms with Crippen LogP contribution in [0.5, 0.6) is 0 Å². The van der Waals surface area contributed by atoms with Gasteiger partial charge in [0.2, 0.25) is 5.91 Å². The third kappa shape index (κ3) is 2.28. The Morgan fingerprint density at radius 2 is 2.25 bits per heavy atom. The highest BCUT2D eigenvalue weighted by atomic mass is 35.5. The number of alkyl halides is 1. The number of aryl methyl sites for hydroxylation is 2. The summed E-state index contributed by atoms with van der Waals surface area (Å²) in [7, 11) is 0. The summed E-state index contributed by atoms with van der Waals surface area (Å²) in [5.41, 5.74) is 2.59. The molecule has 0 radical (unpaired) electrons. The highest BCUT2D eigenvalue weighted by molar-refractivity contribution is 6.16. The minimum Gasteiger partial charge on any atom is -0.352 e. The van der Waals surface area contributed by atoms with Crippen LogP contribution >= 0.6 is 11.6 Å². The van der Waals surface area contributed by atoms with Gasteiger partial charge >= 0.3 is 0 Å². The van der Waals surface area contributed by atoms with E-state index in [4.69, 9.17) is 11.6 Å². The summed E-state index contributed by atoms with van der Waals surface area (Å²) in [4.78, 5) is 16.6. The van der Waals surface area contributed by atoms with Crippen molar-refractivity contribution in [3.8, 4) is 0 Å². The molecule has 0 unspecified atom stereocenters. The van der Waals surface area contributed by atoms with Crippen LogP contribution in [0.15, 0.2) is 0 Å².